The molecule has 4 aliphatic rings. The summed E-state index contributed by atoms with van der Waals surface area (Å²) < 4.78 is 9.85. The number of anilines is 1. The van der Waals surface area contributed by atoms with Gasteiger partial charge in [-0.1, -0.05) is 36.7 Å². The van der Waals surface area contributed by atoms with E-state index in [1.54, 1.807) is 11.3 Å². The zero-order chi connectivity index (χ0) is 30.3. The summed E-state index contributed by atoms with van der Waals surface area (Å²) in [5.41, 5.74) is 5.41. The monoisotopic (exact) mass is 648 g/mol. The maximum Gasteiger partial charge on any atom is 0.261 e. The van der Waals surface area contributed by atoms with Crippen molar-refractivity contribution in [2.75, 3.05) is 24.6 Å². The van der Waals surface area contributed by atoms with Gasteiger partial charge in [0.15, 0.2) is 0 Å². The predicted molar refractivity (Wildman–Crippen MR) is 182 cm³/mol. The Hall–Kier alpha value is -2.45. The number of nitrogens with one attached hydrogen (secondary N) is 1. The summed E-state index contributed by atoms with van der Waals surface area (Å²) in [7, 11) is 0. The van der Waals surface area contributed by atoms with Crippen LogP contribution in [0.3, 0.4) is 0 Å². The SMILES string of the molecule is C[C@@H]1C/C=C\[C@H](O)[C@@H]2CC[C@H]2CN2C[C@@]3(CCCc4cc(Cl)ccc43)COc3ccc(cc32)C(=O)NS[C@@H]1Cc1ccsc1. The molecule has 1 amide bonds. The fourth-order valence-electron chi connectivity index (χ4n) is 7.72. The van der Waals surface area contributed by atoms with Gasteiger partial charge in [0.2, 0.25) is 0 Å². The standard InChI is InChI=1S/C36H41ClN2O3S2/c1-23-4-2-6-32(40)29-10-7-27(29)19-39-21-36(14-3-5-25-17-28(37)9-11-30(25)36)22-42-33-12-8-26(18-31(33)39)35(41)38-44-34(23)16-24-13-15-43-20-24/h2,6,8-9,11-13,15,17-18,20,23,27,29,32,34,40H,3-5,7,10,14,16,19,21-22H2,1H3,(H,38,41)/b6-2-/t23-,27+,29-,32+,34-,36+/m1/s1. The van der Waals surface area contributed by atoms with Crippen LogP contribution < -0.4 is 14.4 Å². The molecule has 1 saturated carbocycles. The molecular weight excluding hydrogens is 608 g/mol. The number of amides is 1. The zero-order valence-electron chi connectivity index (χ0n) is 25.2. The average molecular weight is 649 g/mol. The van der Waals surface area contributed by atoms with Crippen molar-refractivity contribution in [2.24, 2.45) is 17.8 Å². The van der Waals surface area contributed by atoms with E-state index >= 15 is 0 Å². The van der Waals surface area contributed by atoms with Crippen LogP contribution in [0.1, 0.15) is 66.1 Å². The first-order chi connectivity index (χ1) is 21.4. The van der Waals surface area contributed by atoms with Crippen molar-refractivity contribution in [3.05, 3.63) is 92.7 Å². The zero-order valence-corrected chi connectivity index (χ0v) is 27.6. The highest BCUT2D eigenvalue weighted by atomic mass is 35.5. The fourth-order valence-corrected chi connectivity index (χ4v) is 9.60. The third kappa shape index (κ3) is 6.05. The number of halogens is 1. The van der Waals surface area contributed by atoms with E-state index in [1.807, 2.05) is 30.3 Å². The van der Waals surface area contributed by atoms with E-state index in [1.165, 1.54) is 28.6 Å². The Morgan fingerprint density at radius 2 is 2.09 bits per heavy atom. The van der Waals surface area contributed by atoms with E-state index in [9.17, 15) is 9.90 Å². The van der Waals surface area contributed by atoms with Gasteiger partial charge in [-0.3, -0.25) is 9.52 Å². The number of fused-ring (bicyclic) bond motifs is 4. The normalized spacial score (nSPS) is 31.1. The lowest BCUT2D eigenvalue weighted by atomic mass is 9.68. The van der Waals surface area contributed by atoms with Crippen LogP contribution in [-0.2, 0) is 18.3 Å². The molecule has 2 aliphatic carbocycles. The van der Waals surface area contributed by atoms with Crippen molar-refractivity contribution in [1.29, 1.82) is 0 Å². The Labute approximate surface area is 274 Å². The molecule has 7 rings (SSSR count). The average Bonchev–Trinajstić information content (AvgIpc) is 3.47. The summed E-state index contributed by atoms with van der Waals surface area (Å²) >= 11 is 9.67. The van der Waals surface area contributed by atoms with Crippen molar-refractivity contribution in [3.8, 4) is 5.75 Å². The number of aliphatic hydroxyl groups is 1. The molecule has 3 heterocycles. The van der Waals surface area contributed by atoms with E-state index in [2.05, 4.69) is 51.6 Å². The maximum atomic E-state index is 13.6. The number of nitrogens with zero attached hydrogens (tertiary/aromatic N) is 1. The summed E-state index contributed by atoms with van der Waals surface area (Å²) in [5, 5.41) is 16.6. The number of carbonyl (C=O) groups excluding carboxylic acids is 1. The second kappa shape index (κ2) is 12.7. The van der Waals surface area contributed by atoms with Gasteiger partial charge < -0.3 is 14.7 Å². The molecule has 2 N–H and O–H groups in total. The van der Waals surface area contributed by atoms with Gasteiger partial charge in [0.05, 0.1) is 18.4 Å². The molecule has 2 aromatic carbocycles. The minimum Gasteiger partial charge on any atom is -0.490 e. The van der Waals surface area contributed by atoms with Gasteiger partial charge in [-0.2, -0.15) is 11.3 Å². The Morgan fingerprint density at radius 1 is 1.18 bits per heavy atom. The lowest BCUT2D eigenvalue weighted by Gasteiger charge is -2.45. The number of rotatable bonds is 2. The van der Waals surface area contributed by atoms with Gasteiger partial charge in [0.1, 0.15) is 5.75 Å². The van der Waals surface area contributed by atoms with Crippen molar-refractivity contribution < 1.29 is 14.6 Å². The predicted octanol–water partition coefficient (Wildman–Crippen LogP) is 7.85. The molecular formula is C36H41ClN2O3S2. The van der Waals surface area contributed by atoms with Crippen LogP contribution in [0.4, 0.5) is 5.69 Å². The quantitative estimate of drug-likeness (QED) is 0.219. The summed E-state index contributed by atoms with van der Waals surface area (Å²) in [5.74, 6) is 1.69. The van der Waals surface area contributed by atoms with Gasteiger partial charge in [0.25, 0.3) is 5.91 Å². The molecule has 1 spiro atoms. The van der Waals surface area contributed by atoms with Crippen molar-refractivity contribution in [1.82, 2.24) is 4.72 Å². The van der Waals surface area contributed by atoms with Crippen LogP contribution in [0.25, 0.3) is 0 Å². The minimum atomic E-state index is -0.447. The molecule has 1 fully saturated rings. The van der Waals surface area contributed by atoms with Gasteiger partial charge >= 0.3 is 0 Å². The van der Waals surface area contributed by atoms with Crippen LogP contribution in [0.5, 0.6) is 5.75 Å². The molecule has 232 valence electrons. The van der Waals surface area contributed by atoms with Gasteiger partial charge in [-0.05, 0) is 138 Å². The number of ether oxygens (including phenoxy) is 1. The lowest BCUT2D eigenvalue weighted by molar-refractivity contribution is 0.0456. The molecule has 6 atom stereocenters. The largest absolute Gasteiger partial charge is 0.490 e. The number of aryl methyl sites for hydroxylation is 1. The smallest absolute Gasteiger partial charge is 0.261 e. The molecule has 1 aromatic heterocycles. The molecule has 44 heavy (non-hydrogen) atoms. The van der Waals surface area contributed by atoms with Crippen LogP contribution in [0, 0.1) is 17.8 Å². The van der Waals surface area contributed by atoms with Crippen LogP contribution in [0.2, 0.25) is 5.02 Å². The molecule has 8 heteroatoms. The van der Waals surface area contributed by atoms with E-state index < -0.39 is 6.10 Å². The topological polar surface area (TPSA) is 61.8 Å². The van der Waals surface area contributed by atoms with Gasteiger partial charge in [0, 0.05) is 34.3 Å². The van der Waals surface area contributed by atoms with Gasteiger partial charge in [-0.25, -0.2) is 0 Å². The summed E-state index contributed by atoms with van der Waals surface area (Å²) in [6.45, 7) is 4.47. The molecule has 0 radical (unpaired) electrons. The Bertz CT molecular complexity index is 1530. The first-order valence-corrected chi connectivity index (χ1v) is 18.2. The second-order valence-electron chi connectivity index (χ2n) is 13.3. The second-order valence-corrected chi connectivity index (χ2v) is 15.6. The number of thiophene rings is 1. The van der Waals surface area contributed by atoms with E-state index in [-0.39, 0.29) is 22.5 Å². The van der Waals surface area contributed by atoms with Crippen molar-refractivity contribution >= 4 is 46.5 Å². The first-order valence-electron chi connectivity index (χ1n) is 16.0. The number of hydrogen-bond donors (Lipinski definition) is 2. The molecule has 5 nitrogen and oxygen atoms in total. The highest BCUT2D eigenvalue weighted by molar-refractivity contribution is 7.98. The molecule has 2 aliphatic heterocycles. The Kier molecular flexibility index (Phi) is 8.75. The van der Waals surface area contributed by atoms with E-state index in [0.717, 1.165) is 74.5 Å². The fraction of sp³-hybridized carbons (Fsp3) is 0.472. The first kappa shape index (κ1) is 30.2. The molecule has 2 bridgehead atoms. The summed E-state index contributed by atoms with van der Waals surface area (Å²) in [6, 6.07) is 14.4. The number of carbonyl (C=O) groups is 1. The third-order valence-corrected chi connectivity index (χ3v) is 12.7. The van der Waals surface area contributed by atoms with Crippen molar-refractivity contribution in [2.45, 2.75) is 68.6 Å². The van der Waals surface area contributed by atoms with Crippen LogP contribution >= 0.6 is 34.9 Å². The minimum absolute atomic E-state index is 0.0727. The third-order valence-electron chi connectivity index (χ3n) is 10.5. The number of allylic oxidation sites excluding steroid dienone is 1. The van der Waals surface area contributed by atoms with Crippen LogP contribution in [0.15, 0.2) is 65.4 Å². The van der Waals surface area contributed by atoms with E-state index in [4.69, 9.17) is 16.3 Å². The van der Waals surface area contributed by atoms with Crippen molar-refractivity contribution in [3.63, 3.8) is 0 Å². The molecule has 0 unspecified atom stereocenters. The Balaban J connectivity index is 1.24. The number of hydrogen-bond acceptors (Lipinski definition) is 6. The van der Waals surface area contributed by atoms with E-state index in [0.29, 0.717) is 24.0 Å². The highest BCUT2D eigenvalue weighted by Crippen LogP contribution is 2.47. The summed E-state index contributed by atoms with van der Waals surface area (Å²) in [4.78, 5) is 16.1. The molecule has 3 aromatic rings. The Morgan fingerprint density at radius 3 is 2.91 bits per heavy atom. The lowest BCUT2D eigenvalue weighted by Crippen LogP contribution is -2.49. The highest BCUT2D eigenvalue weighted by Gasteiger charge is 2.44. The van der Waals surface area contributed by atoms with Crippen LogP contribution in [-0.4, -0.2) is 42.1 Å². The van der Waals surface area contributed by atoms with Gasteiger partial charge in [-0.15, -0.1) is 0 Å². The maximum absolute atomic E-state index is 13.6. The molecule has 0 saturated heterocycles. The number of aliphatic hydroxyl groups excluding tert-OH is 1. The number of benzene rings is 2. The summed E-state index contributed by atoms with van der Waals surface area (Å²) in [6.07, 6.45) is 10.8.